The summed E-state index contributed by atoms with van der Waals surface area (Å²) in [6.45, 7) is 5.94. The number of hydrogen-bond donors (Lipinski definition) is 2. The Hall–Kier alpha value is -1.49. The predicted octanol–water partition coefficient (Wildman–Crippen LogP) is 3.09. The average molecular weight is 316 g/mol. The number of fused-ring (bicyclic) bond motifs is 1. The van der Waals surface area contributed by atoms with Crippen LogP contribution in [0.15, 0.2) is 36.4 Å². The van der Waals surface area contributed by atoms with Gasteiger partial charge < -0.3 is 15.3 Å². The Labute approximate surface area is 137 Å². The molecule has 0 saturated carbocycles. The van der Waals surface area contributed by atoms with E-state index < -0.39 is 0 Å². The van der Waals surface area contributed by atoms with Gasteiger partial charge in [-0.3, -0.25) is 0 Å². The van der Waals surface area contributed by atoms with Gasteiger partial charge in [-0.2, -0.15) is 0 Å². The number of nitrogens with zero attached hydrogens (tertiary/aromatic N) is 1. The highest BCUT2D eigenvalue weighted by atomic mass is 19.1. The summed E-state index contributed by atoms with van der Waals surface area (Å²) < 4.78 is 13.9. The van der Waals surface area contributed by atoms with E-state index in [1.807, 2.05) is 30.3 Å². The zero-order valence-electron chi connectivity index (χ0n) is 13.6. The van der Waals surface area contributed by atoms with E-state index in [0.717, 1.165) is 50.0 Å². The molecule has 1 unspecified atom stereocenters. The van der Waals surface area contributed by atoms with Crippen molar-refractivity contribution in [3.05, 3.63) is 47.8 Å². The molecule has 0 spiro atoms. The van der Waals surface area contributed by atoms with Gasteiger partial charge in [0, 0.05) is 37.6 Å². The largest absolute Gasteiger partial charge is 0.393 e. The first-order valence-electron chi connectivity index (χ1n) is 8.46. The minimum absolute atomic E-state index is 0.122. The molecule has 1 fully saturated rings. The number of hydrogen-bond acceptors (Lipinski definition) is 3. The van der Waals surface area contributed by atoms with Crippen molar-refractivity contribution in [3.63, 3.8) is 0 Å². The van der Waals surface area contributed by atoms with Gasteiger partial charge in [0.2, 0.25) is 0 Å². The highest BCUT2D eigenvalue weighted by Crippen LogP contribution is 2.26. The van der Waals surface area contributed by atoms with E-state index in [4.69, 9.17) is 0 Å². The zero-order chi connectivity index (χ0) is 16.2. The lowest BCUT2D eigenvalue weighted by molar-refractivity contribution is 0.0827. The van der Waals surface area contributed by atoms with Crippen molar-refractivity contribution < 1.29 is 9.50 Å². The van der Waals surface area contributed by atoms with Crippen molar-refractivity contribution in [3.8, 4) is 0 Å². The third-order valence-electron chi connectivity index (χ3n) is 4.81. The van der Waals surface area contributed by atoms with Crippen molar-refractivity contribution in [2.45, 2.75) is 31.9 Å². The highest BCUT2D eigenvalue weighted by molar-refractivity contribution is 5.86. The summed E-state index contributed by atoms with van der Waals surface area (Å²) in [5.41, 5.74) is 1.14. The van der Waals surface area contributed by atoms with Crippen LogP contribution in [0.2, 0.25) is 0 Å². The second kappa shape index (κ2) is 7.39. The van der Waals surface area contributed by atoms with Crippen LogP contribution in [0.3, 0.4) is 0 Å². The average Bonchev–Trinajstić information content (AvgIpc) is 2.57. The molecule has 0 radical (unpaired) electrons. The van der Waals surface area contributed by atoms with Gasteiger partial charge in [0.15, 0.2) is 0 Å². The number of aliphatic hydroxyl groups is 1. The number of rotatable bonds is 5. The van der Waals surface area contributed by atoms with Gasteiger partial charge in [0.25, 0.3) is 0 Å². The Morgan fingerprint density at radius 2 is 1.87 bits per heavy atom. The molecule has 0 aliphatic carbocycles. The minimum atomic E-state index is -0.163. The summed E-state index contributed by atoms with van der Waals surface area (Å²) in [5.74, 6) is -0.163. The molecule has 2 aromatic rings. The van der Waals surface area contributed by atoms with Crippen LogP contribution in [0.1, 0.15) is 31.4 Å². The first kappa shape index (κ1) is 16.4. The van der Waals surface area contributed by atoms with Crippen molar-refractivity contribution in [2.75, 3.05) is 26.2 Å². The second-order valence-corrected chi connectivity index (χ2v) is 6.43. The Kier molecular flexibility index (Phi) is 5.26. The van der Waals surface area contributed by atoms with E-state index in [1.54, 1.807) is 6.07 Å². The van der Waals surface area contributed by atoms with Crippen LogP contribution in [0.25, 0.3) is 10.8 Å². The zero-order valence-corrected chi connectivity index (χ0v) is 13.6. The number of likely N-dealkylation sites (tertiary alicyclic amines) is 1. The topological polar surface area (TPSA) is 35.5 Å². The van der Waals surface area contributed by atoms with E-state index in [2.05, 4.69) is 17.1 Å². The van der Waals surface area contributed by atoms with Crippen molar-refractivity contribution in [1.82, 2.24) is 10.2 Å². The lowest BCUT2D eigenvalue weighted by Gasteiger charge is -2.30. The van der Waals surface area contributed by atoms with Gasteiger partial charge in [0.05, 0.1) is 6.10 Å². The quantitative estimate of drug-likeness (QED) is 0.890. The maximum Gasteiger partial charge on any atom is 0.131 e. The summed E-state index contributed by atoms with van der Waals surface area (Å²) >= 11 is 0. The summed E-state index contributed by atoms with van der Waals surface area (Å²) in [7, 11) is 0. The third kappa shape index (κ3) is 3.89. The fourth-order valence-corrected chi connectivity index (χ4v) is 3.36. The van der Waals surface area contributed by atoms with Gasteiger partial charge in [-0.1, -0.05) is 30.3 Å². The van der Waals surface area contributed by atoms with Crippen LogP contribution in [0.5, 0.6) is 0 Å². The van der Waals surface area contributed by atoms with Crippen LogP contribution in [0, 0.1) is 5.82 Å². The van der Waals surface area contributed by atoms with Crippen LogP contribution in [0.4, 0.5) is 4.39 Å². The molecule has 1 heterocycles. The molecule has 0 amide bonds. The maximum absolute atomic E-state index is 13.9. The Morgan fingerprint density at radius 3 is 2.61 bits per heavy atom. The number of piperidine rings is 1. The monoisotopic (exact) mass is 316 g/mol. The van der Waals surface area contributed by atoms with Crippen molar-refractivity contribution >= 4 is 10.8 Å². The lowest BCUT2D eigenvalue weighted by Crippen LogP contribution is -2.40. The molecular weight excluding hydrogens is 291 g/mol. The first-order chi connectivity index (χ1) is 11.1. The van der Waals surface area contributed by atoms with Crippen LogP contribution < -0.4 is 5.32 Å². The number of benzene rings is 2. The molecule has 1 saturated heterocycles. The van der Waals surface area contributed by atoms with Crippen LogP contribution in [-0.2, 0) is 0 Å². The molecule has 2 N–H and O–H groups in total. The van der Waals surface area contributed by atoms with E-state index in [0.29, 0.717) is 5.39 Å². The number of halogens is 1. The Bertz CT molecular complexity index is 653. The van der Waals surface area contributed by atoms with E-state index in [9.17, 15) is 9.50 Å². The molecule has 0 bridgehead atoms. The maximum atomic E-state index is 13.9. The summed E-state index contributed by atoms with van der Waals surface area (Å²) in [6.07, 6.45) is 1.62. The van der Waals surface area contributed by atoms with Gasteiger partial charge in [-0.15, -0.1) is 0 Å². The van der Waals surface area contributed by atoms with Crippen molar-refractivity contribution in [1.29, 1.82) is 0 Å². The standard InChI is InChI=1S/C19H25FN2O/c1-14(21-10-13-22-11-8-15(23)9-12-22)16-6-7-19(20)18-5-3-2-4-17(16)18/h2-7,14-15,21,23H,8-13H2,1H3. The molecule has 1 atom stereocenters. The highest BCUT2D eigenvalue weighted by Gasteiger charge is 2.17. The molecule has 4 heteroatoms. The van der Waals surface area contributed by atoms with Crippen LogP contribution >= 0.6 is 0 Å². The van der Waals surface area contributed by atoms with E-state index in [-0.39, 0.29) is 18.0 Å². The molecule has 1 aliphatic rings. The normalized spacial score (nSPS) is 18.4. The Balaban J connectivity index is 1.60. The van der Waals surface area contributed by atoms with Gasteiger partial charge >= 0.3 is 0 Å². The fraction of sp³-hybridized carbons (Fsp3) is 0.474. The van der Waals surface area contributed by atoms with Crippen LogP contribution in [-0.4, -0.2) is 42.3 Å². The van der Waals surface area contributed by atoms with Gasteiger partial charge in [-0.05, 0) is 36.8 Å². The Morgan fingerprint density at radius 1 is 1.17 bits per heavy atom. The van der Waals surface area contributed by atoms with Gasteiger partial charge in [0.1, 0.15) is 5.82 Å². The second-order valence-electron chi connectivity index (χ2n) is 6.43. The lowest BCUT2D eigenvalue weighted by atomic mass is 9.99. The SMILES string of the molecule is CC(NCCN1CCC(O)CC1)c1ccc(F)c2ccccc12. The van der Waals surface area contributed by atoms with Gasteiger partial charge in [-0.25, -0.2) is 4.39 Å². The van der Waals surface area contributed by atoms with Crippen molar-refractivity contribution in [2.24, 2.45) is 0 Å². The molecule has 0 aromatic heterocycles. The molecule has 3 nitrogen and oxygen atoms in total. The van der Waals surface area contributed by atoms with E-state index in [1.165, 1.54) is 0 Å². The molecule has 23 heavy (non-hydrogen) atoms. The molecule has 2 aromatic carbocycles. The minimum Gasteiger partial charge on any atom is -0.393 e. The predicted molar refractivity (Wildman–Crippen MR) is 92.0 cm³/mol. The van der Waals surface area contributed by atoms with E-state index >= 15 is 0 Å². The molecule has 1 aliphatic heterocycles. The number of aliphatic hydroxyl groups excluding tert-OH is 1. The number of nitrogens with one attached hydrogen (secondary N) is 1. The molecule has 3 rings (SSSR count). The fourth-order valence-electron chi connectivity index (χ4n) is 3.36. The smallest absolute Gasteiger partial charge is 0.131 e. The summed E-state index contributed by atoms with van der Waals surface area (Å²) in [6, 6.07) is 11.3. The first-order valence-corrected chi connectivity index (χ1v) is 8.46. The molecule has 124 valence electrons. The summed E-state index contributed by atoms with van der Waals surface area (Å²) in [4.78, 5) is 2.38. The summed E-state index contributed by atoms with van der Waals surface area (Å²) in [5, 5.41) is 14.7. The third-order valence-corrected chi connectivity index (χ3v) is 4.81. The molecular formula is C19H25FN2O.